The summed E-state index contributed by atoms with van der Waals surface area (Å²) in [6.45, 7) is 5.89. The average molecular weight is 184 g/mol. The van der Waals surface area contributed by atoms with Gasteiger partial charge >= 0.3 is 0 Å². The summed E-state index contributed by atoms with van der Waals surface area (Å²) >= 11 is 0. The van der Waals surface area contributed by atoms with E-state index in [1.54, 1.807) is 0 Å². The molecule has 0 atom stereocenters. The number of carbonyl (C=O) groups excluding carboxylic acids is 1. The molecule has 4 heteroatoms. The van der Waals surface area contributed by atoms with E-state index in [1.807, 2.05) is 4.90 Å². The smallest absolute Gasteiger partial charge is 0.222 e. The second kappa shape index (κ2) is 5.59. The highest BCUT2D eigenvalue weighted by molar-refractivity contribution is 5.77. The Balaban J connectivity index is 1.99. The zero-order valence-corrected chi connectivity index (χ0v) is 7.79. The summed E-state index contributed by atoms with van der Waals surface area (Å²) in [6, 6.07) is 0. The molecule has 1 aliphatic rings. The van der Waals surface area contributed by atoms with Crippen LogP contribution in [0.5, 0.6) is 0 Å². The van der Waals surface area contributed by atoms with Crippen LogP contribution in [0.15, 0.2) is 12.8 Å². The number of hydrogen-bond acceptors (Lipinski definition) is 3. The molecule has 0 unspecified atom stereocenters. The Bertz CT molecular complexity index is 182. The van der Waals surface area contributed by atoms with Gasteiger partial charge in [-0.1, -0.05) is 6.58 Å². The molecule has 1 heterocycles. The molecule has 4 nitrogen and oxygen atoms in total. The first kappa shape index (κ1) is 10.1. The quantitative estimate of drug-likeness (QED) is 0.374. The zero-order valence-electron chi connectivity index (χ0n) is 7.79. The van der Waals surface area contributed by atoms with E-state index in [1.165, 1.54) is 6.26 Å². The van der Waals surface area contributed by atoms with Crippen LogP contribution in [0, 0.1) is 0 Å². The normalized spacial score (nSPS) is 16.3. The van der Waals surface area contributed by atoms with Gasteiger partial charge in [0.25, 0.3) is 0 Å². The van der Waals surface area contributed by atoms with Crippen LogP contribution < -0.4 is 5.48 Å². The number of rotatable bonds is 6. The second-order valence-corrected chi connectivity index (χ2v) is 3.02. The number of likely N-dealkylation sites (tertiary alicyclic amines) is 1. The van der Waals surface area contributed by atoms with E-state index >= 15 is 0 Å². The molecule has 0 aromatic carbocycles. The van der Waals surface area contributed by atoms with E-state index in [4.69, 9.17) is 4.84 Å². The van der Waals surface area contributed by atoms with Crippen molar-refractivity contribution in [2.75, 3.05) is 19.6 Å². The van der Waals surface area contributed by atoms with Crippen molar-refractivity contribution in [2.24, 2.45) is 0 Å². The third-order valence-electron chi connectivity index (χ3n) is 2.04. The standard InChI is InChI=1S/C9H16N2O2/c1-2-13-10-6-4-8-11-7-3-5-9(11)12/h2,10H,1,3-8H2. The first-order valence-electron chi connectivity index (χ1n) is 4.62. The molecule has 74 valence electrons. The van der Waals surface area contributed by atoms with Gasteiger partial charge in [0.05, 0.1) is 0 Å². The first-order valence-corrected chi connectivity index (χ1v) is 4.62. The van der Waals surface area contributed by atoms with E-state index in [-0.39, 0.29) is 5.91 Å². The largest absolute Gasteiger partial charge is 0.417 e. The maximum absolute atomic E-state index is 11.2. The molecule has 0 aliphatic carbocycles. The Hall–Kier alpha value is -1.03. The Labute approximate surface area is 78.5 Å². The monoisotopic (exact) mass is 184 g/mol. The SMILES string of the molecule is C=CONCCCN1CCCC1=O. The van der Waals surface area contributed by atoms with Gasteiger partial charge in [0.1, 0.15) is 6.26 Å². The number of hydroxylamine groups is 1. The molecular formula is C9H16N2O2. The molecule has 13 heavy (non-hydrogen) atoms. The summed E-state index contributed by atoms with van der Waals surface area (Å²) in [4.78, 5) is 17.8. The molecule has 1 fully saturated rings. The number of nitrogens with one attached hydrogen (secondary N) is 1. The lowest BCUT2D eigenvalue weighted by molar-refractivity contribution is -0.127. The van der Waals surface area contributed by atoms with Gasteiger partial charge in [0, 0.05) is 26.1 Å². The lowest BCUT2D eigenvalue weighted by Gasteiger charge is -2.14. The van der Waals surface area contributed by atoms with Crippen molar-refractivity contribution < 1.29 is 9.63 Å². The fraction of sp³-hybridized carbons (Fsp3) is 0.667. The van der Waals surface area contributed by atoms with E-state index in [0.717, 1.165) is 38.9 Å². The maximum Gasteiger partial charge on any atom is 0.222 e. The van der Waals surface area contributed by atoms with Gasteiger partial charge in [0.15, 0.2) is 0 Å². The number of nitrogens with zero attached hydrogens (tertiary/aromatic N) is 1. The predicted octanol–water partition coefficient (Wildman–Crippen LogP) is 0.664. The highest BCUT2D eigenvalue weighted by atomic mass is 16.6. The van der Waals surface area contributed by atoms with Gasteiger partial charge < -0.3 is 9.74 Å². The molecule has 1 aliphatic heterocycles. The number of hydrogen-bond donors (Lipinski definition) is 1. The van der Waals surface area contributed by atoms with Gasteiger partial charge in [-0.05, 0) is 12.8 Å². The minimum absolute atomic E-state index is 0.282. The highest BCUT2D eigenvalue weighted by Gasteiger charge is 2.18. The number of carbonyl (C=O) groups is 1. The van der Waals surface area contributed by atoms with Crippen molar-refractivity contribution in [3.63, 3.8) is 0 Å². The van der Waals surface area contributed by atoms with E-state index in [9.17, 15) is 4.79 Å². The highest BCUT2D eigenvalue weighted by Crippen LogP contribution is 2.09. The average Bonchev–Trinajstić information content (AvgIpc) is 2.52. The van der Waals surface area contributed by atoms with Crippen molar-refractivity contribution in [2.45, 2.75) is 19.3 Å². The molecule has 1 N–H and O–H groups in total. The van der Waals surface area contributed by atoms with E-state index in [0.29, 0.717) is 0 Å². The van der Waals surface area contributed by atoms with Crippen LogP contribution in [-0.2, 0) is 9.63 Å². The molecule has 1 amide bonds. The van der Waals surface area contributed by atoms with Gasteiger partial charge in [-0.15, -0.1) is 0 Å². The molecular weight excluding hydrogens is 168 g/mol. The fourth-order valence-electron chi connectivity index (χ4n) is 1.40. The van der Waals surface area contributed by atoms with Gasteiger partial charge in [0.2, 0.25) is 5.91 Å². The summed E-state index contributed by atoms with van der Waals surface area (Å²) in [5.41, 5.74) is 2.72. The third-order valence-corrected chi connectivity index (χ3v) is 2.04. The summed E-state index contributed by atoms with van der Waals surface area (Å²) < 4.78 is 0. The molecule has 0 aromatic rings. The van der Waals surface area contributed by atoms with Gasteiger partial charge in [-0.2, -0.15) is 5.48 Å². The van der Waals surface area contributed by atoms with Crippen molar-refractivity contribution >= 4 is 5.91 Å². The van der Waals surface area contributed by atoms with Crippen LogP contribution in [0.4, 0.5) is 0 Å². The molecule has 1 rings (SSSR count). The first-order chi connectivity index (χ1) is 6.34. The summed E-state index contributed by atoms with van der Waals surface area (Å²) in [6.07, 6.45) is 3.99. The topological polar surface area (TPSA) is 41.6 Å². The van der Waals surface area contributed by atoms with Crippen LogP contribution in [0.3, 0.4) is 0 Å². The van der Waals surface area contributed by atoms with Crippen molar-refractivity contribution in [1.82, 2.24) is 10.4 Å². The summed E-state index contributed by atoms with van der Waals surface area (Å²) in [7, 11) is 0. The molecule has 0 radical (unpaired) electrons. The van der Waals surface area contributed by atoms with Gasteiger partial charge in [-0.3, -0.25) is 4.79 Å². The molecule has 0 spiro atoms. The zero-order chi connectivity index (χ0) is 9.52. The maximum atomic E-state index is 11.2. The Morgan fingerprint density at radius 3 is 3.15 bits per heavy atom. The number of amides is 1. The minimum atomic E-state index is 0.282. The summed E-state index contributed by atoms with van der Waals surface area (Å²) in [5.74, 6) is 0.282. The van der Waals surface area contributed by atoms with Crippen LogP contribution >= 0.6 is 0 Å². The minimum Gasteiger partial charge on any atom is -0.417 e. The fourth-order valence-corrected chi connectivity index (χ4v) is 1.40. The van der Waals surface area contributed by atoms with Crippen molar-refractivity contribution in [1.29, 1.82) is 0 Å². The molecule has 0 aromatic heterocycles. The lowest BCUT2D eigenvalue weighted by Crippen LogP contribution is -2.28. The third kappa shape index (κ3) is 3.46. The predicted molar refractivity (Wildman–Crippen MR) is 49.7 cm³/mol. The van der Waals surface area contributed by atoms with Gasteiger partial charge in [-0.25, -0.2) is 0 Å². The molecule has 1 saturated heterocycles. The Morgan fingerprint density at radius 1 is 1.69 bits per heavy atom. The second-order valence-electron chi connectivity index (χ2n) is 3.02. The molecule has 0 bridgehead atoms. The van der Waals surface area contributed by atoms with Crippen LogP contribution in [0.25, 0.3) is 0 Å². The molecule has 0 saturated carbocycles. The van der Waals surface area contributed by atoms with E-state index in [2.05, 4.69) is 12.1 Å². The van der Waals surface area contributed by atoms with Crippen LogP contribution in [0.2, 0.25) is 0 Å². The van der Waals surface area contributed by atoms with Crippen LogP contribution in [-0.4, -0.2) is 30.4 Å². The van der Waals surface area contributed by atoms with Crippen molar-refractivity contribution in [3.05, 3.63) is 12.8 Å². The lowest BCUT2D eigenvalue weighted by atomic mass is 10.4. The van der Waals surface area contributed by atoms with Crippen molar-refractivity contribution in [3.8, 4) is 0 Å². The Morgan fingerprint density at radius 2 is 2.54 bits per heavy atom. The Kier molecular flexibility index (Phi) is 4.32. The van der Waals surface area contributed by atoms with Crippen LogP contribution in [0.1, 0.15) is 19.3 Å². The summed E-state index contributed by atoms with van der Waals surface area (Å²) in [5, 5.41) is 0. The van der Waals surface area contributed by atoms with E-state index < -0.39 is 0 Å².